The van der Waals surface area contributed by atoms with Crippen molar-refractivity contribution in [3.8, 4) is 5.75 Å². The molecular formula is C23H32N2O3. The van der Waals surface area contributed by atoms with E-state index in [0.717, 1.165) is 37.2 Å². The van der Waals surface area contributed by atoms with Crippen LogP contribution in [-0.4, -0.2) is 47.4 Å². The molecule has 2 aliphatic rings. The Morgan fingerprint density at radius 2 is 1.61 bits per heavy atom. The minimum atomic E-state index is -0.176. The zero-order valence-electron chi connectivity index (χ0n) is 17.7. The van der Waals surface area contributed by atoms with Crippen molar-refractivity contribution >= 4 is 17.4 Å². The first kappa shape index (κ1) is 20.4. The van der Waals surface area contributed by atoms with E-state index in [9.17, 15) is 9.59 Å². The highest BCUT2D eigenvalue weighted by molar-refractivity contribution is 6.35. The number of hydrogen-bond donors (Lipinski definition) is 0. The molecule has 0 N–H and O–H groups in total. The highest BCUT2D eigenvalue weighted by Crippen LogP contribution is 2.34. The summed E-state index contributed by atoms with van der Waals surface area (Å²) < 4.78 is 5.72. The molecule has 1 fully saturated rings. The van der Waals surface area contributed by atoms with Gasteiger partial charge in [0.25, 0.3) is 11.8 Å². The second-order valence-corrected chi connectivity index (χ2v) is 8.70. The van der Waals surface area contributed by atoms with Crippen molar-refractivity contribution in [3.05, 3.63) is 35.5 Å². The highest BCUT2D eigenvalue weighted by atomic mass is 16.5. The number of carbonyl (C=O) groups excluding carboxylic acids is 2. The van der Waals surface area contributed by atoms with Crippen LogP contribution in [0.3, 0.4) is 0 Å². The van der Waals surface area contributed by atoms with Crippen LogP contribution >= 0.6 is 0 Å². The zero-order chi connectivity index (χ0) is 20.4. The molecule has 0 saturated carbocycles. The summed E-state index contributed by atoms with van der Waals surface area (Å²) in [6, 6.07) is 7.54. The summed E-state index contributed by atoms with van der Waals surface area (Å²) in [7, 11) is 0. The van der Waals surface area contributed by atoms with E-state index < -0.39 is 0 Å². The van der Waals surface area contributed by atoms with Crippen LogP contribution in [0.5, 0.6) is 5.75 Å². The molecular weight excluding hydrogens is 352 g/mol. The van der Waals surface area contributed by atoms with Gasteiger partial charge in [0.05, 0.1) is 11.7 Å². The van der Waals surface area contributed by atoms with Gasteiger partial charge >= 0.3 is 0 Å². The van der Waals surface area contributed by atoms with Gasteiger partial charge in [0.15, 0.2) is 0 Å². The van der Waals surface area contributed by atoms with E-state index in [1.54, 1.807) is 0 Å². The Bertz CT molecular complexity index is 757. The number of ether oxygens (including phenoxy) is 1. The molecule has 3 rings (SSSR count). The predicted octanol–water partition coefficient (Wildman–Crippen LogP) is 3.94. The molecule has 0 aliphatic carbocycles. The van der Waals surface area contributed by atoms with Crippen molar-refractivity contribution in [2.24, 2.45) is 11.8 Å². The molecule has 5 nitrogen and oxygen atoms in total. The van der Waals surface area contributed by atoms with Gasteiger partial charge in [-0.15, -0.1) is 0 Å². The van der Waals surface area contributed by atoms with Crippen molar-refractivity contribution < 1.29 is 14.3 Å². The molecule has 1 aromatic rings. The molecule has 0 radical (unpaired) electrons. The van der Waals surface area contributed by atoms with Crippen molar-refractivity contribution in [1.29, 1.82) is 0 Å². The summed E-state index contributed by atoms with van der Waals surface area (Å²) in [6.07, 6.45) is 2.18. The van der Waals surface area contributed by atoms with Gasteiger partial charge in [-0.3, -0.25) is 14.5 Å². The highest BCUT2D eigenvalue weighted by Gasteiger charge is 2.42. The smallest absolute Gasteiger partial charge is 0.277 e. The van der Waals surface area contributed by atoms with Crippen molar-refractivity contribution in [1.82, 2.24) is 9.80 Å². The Kier molecular flexibility index (Phi) is 6.11. The molecule has 0 aromatic heterocycles. The van der Waals surface area contributed by atoms with Crippen LogP contribution in [0, 0.1) is 11.8 Å². The molecule has 28 heavy (non-hydrogen) atoms. The zero-order valence-corrected chi connectivity index (χ0v) is 17.7. The largest absolute Gasteiger partial charge is 0.491 e. The van der Waals surface area contributed by atoms with Crippen LogP contribution in [0.25, 0.3) is 5.57 Å². The van der Waals surface area contributed by atoms with Gasteiger partial charge in [-0.1, -0.05) is 32.9 Å². The number of imide groups is 1. The van der Waals surface area contributed by atoms with Crippen LogP contribution in [0.1, 0.15) is 53.0 Å². The lowest BCUT2D eigenvalue weighted by molar-refractivity contribution is -0.138. The lowest BCUT2D eigenvalue weighted by Gasteiger charge is -2.32. The molecule has 0 bridgehead atoms. The van der Waals surface area contributed by atoms with Gasteiger partial charge in [-0.25, -0.2) is 0 Å². The predicted molar refractivity (Wildman–Crippen MR) is 111 cm³/mol. The van der Waals surface area contributed by atoms with E-state index in [2.05, 4.69) is 11.8 Å². The maximum Gasteiger partial charge on any atom is 0.277 e. The second kappa shape index (κ2) is 8.38. The molecule has 2 amide bonds. The van der Waals surface area contributed by atoms with Crippen LogP contribution in [-0.2, 0) is 9.59 Å². The first-order chi connectivity index (χ1) is 13.3. The number of benzene rings is 1. The Morgan fingerprint density at radius 1 is 1.00 bits per heavy atom. The first-order valence-electron chi connectivity index (χ1n) is 10.4. The fourth-order valence-electron chi connectivity index (χ4n) is 3.85. The lowest BCUT2D eigenvalue weighted by atomic mass is 9.97. The topological polar surface area (TPSA) is 49.9 Å². The van der Waals surface area contributed by atoms with E-state index in [0.29, 0.717) is 23.7 Å². The van der Waals surface area contributed by atoms with Crippen molar-refractivity contribution in [3.63, 3.8) is 0 Å². The molecule has 2 heterocycles. The Balaban J connectivity index is 1.98. The van der Waals surface area contributed by atoms with Crippen LogP contribution in [0.4, 0.5) is 0 Å². The normalized spacial score (nSPS) is 18.8. The van der Waals surface area contributed by atoms with Crippen molar-refractivity contribution in [2.45, 2.75) is 53.6 Å². The molecule has 2 aliphatic heterocycles. The van der Waals surface area contributed by atoms with E-state index in [4.69, 9.17) is 4.74 Å². The maximum atomic E-state index is 13.2. The third-order valence-electron chi connectivity index (χ3n) is 5.31. The molecule has 1 saturated heterocycles. The lowest BCUT2D eigenvalue weighted by Crippen LogP contribution is -2.39. The van der Waals surface area contributed by atoms with Gasteiger partial charge in [-0.2, -0.15) is 0 Å². The first-order valence-corrected chi connectivity index (χ1v) is 10.4. The number of hydrogen-bond acceptors (Lipinski definition) is 4. The average Bonchev–Trinajstić information content (AvgIpc) is 2.87. The Hall–Kier alpha value is -2.30. The Morgan fingerprint density at radius 3 is 2.14 bits per heavy atom. The fraction of sp³-hybridized carbons (Fsp3) is 0.565. The summed E-state index contributed by atoms with van der Waals surface area (Å²) in [5.74, 6) is 1.34. The maximum absolute atomic E-state index is 13.2. The summed E-state index contributed by atoms with van der Waals surface area (Å²) in [6.45, 7) is 12.4. The minimum Gasteiger partial charge on any atom is -0.491 e. The van der Waals surface area contributed by atoms with E-state index in [-0.39, 0.29) is 23.8 Å². The summed E-state index contributed by atoms with van der Waals surface area (Å²) in [5, 5.41) is 0. The van der Waals surface area contributed by atoms with Crippen LogP contribution < -0.4 is 4.74 Å². The number of amides is 2. The van der Waals surface area contributed by atoms with Crippen LogP contribution in [0.15, 0.2) is 30.0 Å². The minimum absolute atomic E-state index is 0.0900. The summed E-state index contributed by atoms with van der Waals surface area (Å²) in [5.41, 5.74) is 1.90. The number of piperidine rings is 1. The monoisotopic (exact) mass is 384 g/mol. The molecule has 152 valence electrons. The van der Waals surface area contributed by atoms with E-state index in [1.165, 1.54) is 4.90 Å². The van der Waals surface area contributed by atoms with Gasteiger partial charge in [-0.05, 0) is 56.2 Å². The molecule has 0 atom stereocenters. The third kappa shape index (κ3) is 4.23. The molecule has 5 heteroatoms. The number of carbonyl (C=O) groups is 2. The van der Waals surface area contributed by atoms with E-state index >= 15 is 0 Å². The third-order valence-corrected chi connectivity index (χ3v) is 5.31. The number of rotatable bonds is 6. The number of likely N-dealkylation sites (tertiary alicyclic amines) is 1. The quantitative estimate of drug-likeness (QED) is 0.697. The average molecular weight is 385 g/mol. The molecule has 0 unspecified atom stereocenters. The summed E-state index contributed by atoms with van der Waals surface area (Å²) >= 11 is 0. The van der Waals surface area contributed by atoms with Gasteiger partial charge in [0, 0.05) is 19.6 Å². The molecule has 1 aromatic carbocycles. The van der Waals surface area contributed by atoms with Gasteiger partial charge in [0.1, 0.15) is 11.4 Å². The van der Waals surface area contributed by atoms with Gasteiger partial charge in [0.2, 0.25) is 0 Å². The fourth-order valence-corrected chi connectivity index (χ4v) is 3.85. The second-order valence-electron chi connectivity index (χ2n) is 8.70. The van der Waals surface area contributed by atoms with Crippen LogP contribution in [0.2, 0.25) is 0 Å². The van der Waals surface area contributed by atoms with Crippen molar-refractivity contribution in [2.75, 3.05) is 19.6 Å². The van der Waals surface area contributed by atoms with E-state index in [1.807, 2.05) is 52.0 Å². The Labute approximate surface area is 168 Å². The van der Waals surface area contributed by atoms with Gasteiger partial charge < -0.3 is 9.64 Å². The number of nitrogens with zero attached hydrogens (tertiary/aromatic N) is 2. The molecule has 0 spiro atoms. The standard InChI is InChI=1S/C23H32N2O3/c1-15(2)14-25-22(26)20(18-6-8-19(9-7-18)28-16(3)4)21(23(25)27)24-12-10-17(5)11-13-24/h6-9,15-17H,10-14H2,1-5H3. The summed E-state index contributed by atoms with van der Waals surface area (Å²) in [4.78, 5) is 30.0. The SMILES string of the molecule is CC(C)CN1C(=O)C(c2ccc(OC(C)C)cc2)=C(N2CCC(C)CC2)C1=O.